The lowest BCUT2D eigenvalue weighted by molar-refractivity contribution is -0.145. The van der Waals surface area contributed by atoms with Crippen molar-refractivity contribution in [3.05, 3.63) is 35.9 Å². The minimum absolute atomic E-state index is 0.0543. The maximum Gasteiger partial charge on any atom is 0.309 e. The summed E-state index contributed by atoms with van der Waals surface area (Å²) in [6.07, 6.45) is 3.19. The highest BCUT2D eigenvalue weighted by atomic mass is 16.5. The summed E-state index contributed by atoms with van der Waals surface area (Å²) >= 11 is 0. The molecule has 0 N–H and O–H groups in total. The van der Waals surface area contributed by atoms with Gasteiger partial charge < -0.3 is 4.74 Å². The molecule has 1 aliphatic carbocycles. The molecule has 1 aliphatic rings. The molecule has 2 rings (SSSR count). The molecule has 0 amide bonds. The third kappa shape index (κ3) is 2.04. The van der Waals surface area contributed by atoms with Crippen LogP contribution in [0.4, 0.5) is 0 Å². The zero-order chi connectivity index (χ0) is 10.7. The van der Waals surface area contributed by atoms with Crippen LogP contribution in [0.15, 0.2) is 30.3 Å². The number of benzene rings is 1. The van der Waals surface area contributed by atoms with Crippen molar-refractivity contribution >= 4 is 5.97 Å². The van der Waals surface area contributed by atoms with Crippen molar-refractivity contribution in [2.75, 3.05) is 7.11 Å². The van der Waals surface area contributed by atoms with E-state index >= 15 is 0 Å². The highest BCUT2D eigenvalue weighted by Gasteiger charge is 2.34. The number of rotatable bonds is 2. The molecule has 2 nitrogen and oxygen atoms in total. The third-order valence-corrected chi connectivity index (χ3v) is 3.25. The first kappa shape index (κ1) is 10.2. The molecule has 0 unspecified atom stereocenters. The normalized spacial score (nSPS) is 25.1. The van der Waals surface area contributed by atoms with Gasteiger partial charge in [0.2, 0.25) is 0 Å². The number of hydrogen-bond donors (Lipinski definition) is 0. The van der Waals surface area contributed by atoms with E-state index in [9.17, 15) is 4.79 Å². The molecule has 0 aromatic heterocycles. The van der Waals surface area contributed by atoms with E-state index in [1.165, 1.54) is 12.7 Å². The van der Waals surface area contributed by atoms with Crippen LogP contribution < -0.4 is 0 Å². The predicted molar refractivity (Wildman–Crippen MR) is 58.5 cm³/mol. The lowest BCUT2D eigenvalue weighted by Crippen LogP contribution is -2.18. The van der Waals surface area contributed by atoms with Crippen molar-refractivity contribution in [3.8, 4) is 0 Å². The average molecular weight is 204 g/mol. The van der Waals surface area contributed by atoms with Crippen molar-refractivity contribution in [3.63, 3.8) is 0 Å². The molecule has 0 bridgehead atoms. The quantitative estimate of drug-likeness (QED) is 0.692. The Morgan fingerprint density at radius 2 is 2.00 bits per heavy atom. The maximum absolute atomic E-state index is 11.6. The second-order valence-electron chi connectivity index (χ2n) is 4.08. The lowest BCUT2D eigenvalue weighted by Gasteiger charge is -2.17. The Bertz CT molecular complexity index is 332. The van der Waals surface area contributed by atoms with Gasteiger partial charge in [-0.25, -0.2) is 0 Å². The first-order valence-electron chi connectivity index (χ1n) is 5.45. The molecule has 0 radical (unpaired) electrons. The summed E-state index contributed by atoms with van der Waals surface area (Å²) in [6.45, 7) is 0. The molecular weight excluding hydrogens is 188 g/mol. The Balaban J connectivity index is 2.18. The van der Waals surface area contributed by atoms with Crippen LogP contribution in [0.25, 0.3) is 0 Å². The minimum Gasteiger partial charge on any atom is -0.469 e. The second kappa shape index (κ2) is 4.47. The first-order valence-corrected chi connectivity index (χ1v) is 5.45. The van der Waals surface area contributed by atoms with E-state index in [1.54, 1.807) is 0 Å². The van der Waals surface area contributed by atoms with Gasteiger partial charge in [-0.3, -0.25) is 4.79 Å². The van der Waals surface area contributed by atoms with Gasteiger partial charge in [-0.1, -0.05) is 36.8 Å². The molecule has 15 heavy (non-hydrogen) atoms. The summed E-state index contributed by atoms with van der Waals surface area (Å²) in [5.41, 5.74) is 1.27. The lowest BCUT2D eigenvalue weighted by atomic mass is 9.89. The van der Waals surface area contributed by atoms with Gasteiger partial charge in [0.15, 0.2) is 0 Å². The van der Waals surface area contributed by atoms with Crippen LogP contribution in [0.2, 0.25) is 0 Å². The van der Waals surface area contributed by atoms with Crippen LogP contribution in [0.1, 0.15) is 30.7 Å². The standard InChI is InChI=1S/C13H16O2/c1-15-13(14)12-9-5-8-11(12)10-6-3-2-4-7-10/h2-4,6-7,11-12H,5,8-9H2,1H3/t11-,12+/m1/s1. The summed E-state index contributed by atoms with van der Waals surface area (Å²) < 4.78 is 4.85. The fourth-order valence-corrected chi connectivity index (χ4v) is 2.49. The molecule has 2 atom stereocenters. The monoisotopic (exact) mass is 204 g/mol. The van der Waals surface area contributed by atoms with Gasteiger partial charge in [-0.15, -0.1) is 0 Å². The Kier molecular flexibility index (Phi) is 3.05. The SMILES string of the molecule is COC(=O)[C@H]1CCC[C@@H]1c1ccccc1. The van der Waals surface area contributed by atoms with Crippen molar-refractivity contribution in [2.24, 2.45) is 5.92 Å². The van der Waals surface area contributed by atoms with E-state index in [0.29, 0.717) is 5.92 Å². The topological polar surface area (TPSA) is 26.3 Å². The van der Waals surface area contributed by atoms with E-state index in [2.05, 4.69) is 12.1 Å². The van der Waals surface area contributed by atoms with Gasteiger partial charge >= 0.3 is 5.97 Å². The number of hydrogen-bond acceptors (Lipinski definition) is 2. The van der Waals surface area contributed by atoms with Gasteiger partial charge in [0.25, 0.3) is 0 Å². The molecule has 0 heterocycles. The molecular formula is C13H16O2. The van der Waals surface area contributed by atoms with E-state index < -0.39 is 0 Å². The van der Waals surface area contributed by atoms with Crippen LogP contribution in [-0.4, -0.2) is 13.1 Å². The fraction of sp³-hybridized carbons (Fsp3) is 0.462. The summed E-state index contributed by atoms with van der Waals surface area (Å²) in [5, 5.41) is 0. The van der Waals surface area contributed by atoms with Crippen LogP contribution in [-0.2, 0) is 9.53 Å². The fourth-order valence-electron chi connectivity index (χ4n) is 2.49. The molecule has 0 aliphatic heterocycles. The zero-order valence-corrected chi connectivity index (χ0v) is 8.98. The summed E-state index contributed by atoms with van der Waals surface area (Å²) in [5.74, 6) is 0.373. The van der Waals surface area contributed by atoms with Gasteiger partial charge in [-0.05, 0) is 24.3 Å². The van der Waals surface area contributed by atoms with Crippen molar-refractivity contribution in [1.82, 2.24) is 0 Å². The second-order valence-corrected chi connectivity index (χ2v) is 4.08. The van der Waals surface area contributed by atoms with Gasteiger partial charge in [0.1, 0.15) is 0 Å². The van der Waals surface area contributed by atoms with Gasteiger partial charge in [-0.2, -0.15) is 0 Å². The van der Waals surface area contributed by atoms with Crippen LogP contribution in [0.3, 0.4) is 0 Å². The Hall–Kier alpha value is -1.31. The number of ether oxygens (including phenoxy) is 1. The molecule has 2 heteroatoms. The number of carbonyl (C=O) groups excluding carboxylic acids is 1. The predicted octanol–water partition coefficient (Wildman–Crippen LogP) is 2.74. The molecule has 80 valence electrons. The molecule has 0 saturated heterocycles. The van der Waals surface area contributed by atoms with E-state index in [4.69, 9.17) is 4.74 Å². The first-order chi connectivity index (χ1) is 7.33. The maximum atomic E-state index is 11.6. The van der Waals surface area contributed by atoms with Crippen molar-refractivity contribution in [2.45, 2.75) is 25.2 Å². The Labute approximate surface area is 90.3 Å². The highest BCUT2D eigenvalue weighted by Crippen LogP contribution is 2.39. The van der Waals surface area contributed by atoms with E-state index in [-0.39, 0.29) is 11.9 Å². The highest BCUT2D eigenvalue weighted by molar-refractivity contribution is 5.74. The summed E-state index contributed by atoms with van der Waals surface area (Å²) in [4.78, 5) is 11.6. The van der Waals surface area contributed by atoms with Crippen molar-refractivity contribution < 1.29 is 9.53 Å². The van der Waals surface area contributed by atoms with E-state index in [0.717, 1.165) is 19.3 Å². The number of carbonyl (C=O) groups is 1. The Morgan fingerprint density at radius 3 is 2.67 bits per heavy atom. The molecule has 1 aromatic carbocycles. The average Bonchev–Trinajstić information content (AvgIpc) is 2.78. The largest absolute Gasteiger partial charge is 0.469 e. The minimum atomic E-state index is -0.0543. The van der Waals surface area contributed by atoms with Crippen LogP contribution in [0.5, 0.6) is 0 Å². The molecule has 1 aromatic rings. The van der Waals surface area contributed by atoms with E-state index in [1.807, 2.05) is 18.2 Å². The van der Waals surface area contributed by atoms with Gasteiger partial charge in [0, 0.05) is 0 Å². The smallest absolute Gasteiger partial charge is 0.309 e. The van der Waals surface area contributed by atoms with Crippen LogP contribution in [0, 0.1) is 5.92 Å². The van der Waals surface area contributed by atoms with Crippen molar-refractivity contribution in [1.29, 1.82) is 0 Å². The number of methoxy groups -OCH3 is 1. The molecule has 1 saturated carbocycles. The van der Waals surface area contributed by atoms with Gasteiger partial charge in [0.05, 0.1) is 13.0 Å². The molecule has 1 fully saturated rings. The zero-order valence-electron chi connectivity index (χ0n) is 8.98. The number of esters is 1. The Morgan fingerprint density at radius 1 is 1.27 bits per heavy atom. The van der Waals surface area contributed by atoms with Crippen LogP contribution >= 0.6 is 0 Å². The summed E-state index contributed by atoms with van der Waals surface area (Å²) in [7, 11) is 1.47. The third-order valence-electron chi connectivity index (χ3n) is 3.25. The molecule has 0 spiro atoms. The summed E-state index contributed by atoms with van der Waals surface area (Å²) in [6, 6.07) is 10.3.